The summed E-state index contributed by atoms with van der Waals surface area (Å²) < 4.78 is 1.19. The summed E-state index contributed by atoms with van der Waals surface area (Å²) in [5, 5.41) is 13.3. The Morgan fingerprint density at radius 1 is 1.35 bits per heavy atom. The number of aromatic hydroxyl groups is 1. The van der Waals surface area contributed by atoms with Crippen LogP contribution >= 0.6 is 15.9 Å². The highest BCUT2D eigenvalue weighted by Crippen LogP contribution is 2.35. The van der Waals surface area contributed by atoms with Crippen LogP contribution < -0.4 is 5.32 Å². The summed E-state index contributed by atoms with van der Waals surface area (Å²) in [6, 6.07) is 10.2. The van der Waals surface area contributed by atoms with Gasteiger partial charge in [0.1, 0.15) is 5.75 Å². The molecule has 0 amide bonds. The standard InChI is InChI=1S/C16H17BrN2O/c1-10-5-8-16(20)15(19-10)9-18-14-7-6-11-12(14)3-2-4-13(11)17/h2-5,8,14,18,20H,6-7,9H2,1H3. The number of hydrogen-bond acceptors (Lipinski definition) is 3. The summed E-state index contributed by atoms with van der Waals surface area (Å²) in [7, 11) is 0. The number of benzene rings is 1. The van der Waals surface area contributed by atoms with Gasteiger partial charge >= 0.3 is 0 Å². The number of rotatable bonds is 3. The van der Waals surface area contributed by atoms with Gasteiger partial charge in [0.2, 0.25) is 0 Å². The minimum absolute atomic E-state index is 0.260. The number of hydrogen-bond donors (Lipinski definition) is 2. The fraction of sp³-hybridized carbons (Fsp3) is 0.312. The first-order chi connectivity index (χ1) is 9.65. The molecule has 0 saturated carbocycles. The molecule has 104 valence electrons. The first-order valence-electron chi connectivity index (χ1n) is 6.81. The zero-order valence-electron chi connectivity index (χ0n) is 11.4. The van der Waals surface area contributed by atoms with Gasteiger partial charge in [-0.3, -0.25) is 4.98 Å². The quantitative estimate of drug-likeness (QED) is 0.901. The smallest absolute Gasteiger partial charge is 0.138 e. The van der Waals surface area contributed by atoms with Crippen LogP contribution in [0.4, 0.5) is 0 Å². The maximum Gasteiger partial charge on any atom is 0.138 e. The van der Waals surface area contributed by atoms with Crippen LogP contribution in [0, 0.1) is 6.92 Å². The third-order valence-corrected chi connectivity index (χ3v) is 4.56. The van der Waals surface area contributed by atoms with Crippen molar-refractivity contribution in [2.45, 2.75) is 32.4 Å². The van der Waals surface area contributed by atoms with Gasteiger partial charge in [-0.1, -0.05) is 28.1 Å². The molecule has 3 rings (SSSR count). The summed E-state index contributed by atoms with van der Waals surface area (Å²) in [5.41, 5.74) is 4.39. The molecule has 1 aromatic heterocycles. The third-order valence-electron chi connectivity index (χ3n) is 3.82. The highest BCUT2D eigenvalue weighted by molar-refractivity contribution is 9.10. The van der Waals surface area contributed by atoms with Crippen LogP contribution in [0.15, 0.2) is 34.8 Å². The Bertz CT molecular complexity index is 642. The van der Waals surface area contributed by atoms with Crippen molar-refractivity contribution in [1.29, 1.82) is 0 Å². The minimum atomic E-state index is 0.260. The van der Waals surface area contributed by atoms with Gasteiger partial charge in [-0.15, -0.1) is 0 Å². The number of aromatic nitrogens is 1. The van der Waals surface area contributed by atoms with Gasteiger partial charge in [0.15, 0.2) is 0 Å². The SMILES string of the molecule is Cc1ccc(O)c(CNC2CCc3c(Br)cccc32)n1. The Hall–Kier alpha value is -1.39. The minimum Gasteiger partial charge on any atom is -0.506 e. The molecule has 20 heavy (non-hydrogen) atoms. The third kappa shape index (κ3) is 2.58. The van der Waals surface area contributed by atoms with Gasteiger partial charge < -0.3 is 10.4 Å². The molecule has 3 nitrogen and oxygen atoms in total. The molecule has 0 spiro atoms. The largest absolute Gasteiger partial charge is 0.506 e. The predicted octanol–water partition coefficient (Wildman–Crippen LogP) is 3.64. The molecule has 1 aliphatic rings. The van der Waals surface area contributed by atoms with Crippen LogP contribution in [0.1, 0.15) is 35.0 Å². The van der Waals surface area contributed by atoms with Gasteiger partial charge in [-0.05, 0) is 49.1 Å². The molecule has 1 unspecified atom stereocenters. The Morgan fingerprint density at radius 2 is 2.20 bits per heavy atom. The lowest BCUT2D eigenvalue weighted by Gasteiger charge is -2.14. The maximum absolute atomic E-state index is 9.84. The summed E-state index contributed by atoms with van der Waals surface area (Å²) in [6.07, 6.45) is 2.17. The second kappa shape index (κ2) is 5.54. The first-order valence-corrected chi connectivity index (χ1v) is 7.60. The van der Waals surface area contributed by atoms with Crippen molar-refractivity contribution in [3.63, 3.8) is 0 Å². The van der Waals surface area contributed by atoms with Crippen LogP contribution in [0.2, 0.25) is 0 Å². The first kappa shape index (κ1) is 13.6. The summed E-state index contributed by atoms with van der Waals surface area (Å²) in [6.45, 7) is 2.52. The van der Waals surface area contributed by atoms with Crippen LogP contribution in [0.5, 0.6) is 5.75 Å². The van der Waals surface area contributed by atoms with Gasteiger partial charge in [0.25, 0.3) is 0 Å². The molecule has 1 aromatic carbocycles. The van der Waals surface area contributed by atoms with Crippen LogP contribution in [-0.2, 0) is 13.0 Å². The van der Waals surface area contributed by atoms with E-state index in [0.29, 0.717) is 18.3 Å². The van der Waals surface area contributed by atoms with Crippen molar-refractivity contribution < 1.29 is 5.11 Å². The van der Waals surface area contributed by atoms with Gasteiger partial charge in [0, 0.05) is 22.8 Å². The van der Waals surface area contributed by atoms with Gasteiger partial charge in [-0.2, -0.15) is 0 Å². The fourth-order valence-corrected chi connectivity index (χ4v) is 3.35. The van der Waals surface area contributed by atoms with E-state index in [1.807, 2.05) is 13.0 Å². The molecule has 1 heterocycles. The summed E-state index contributed by atoms with van der Waals surface area (Å²) in [4.78, 5) is 4.39. The van der Waals surface area contributed by atoms with E-state index in [1.54, 1.807) is 6.07 Å². The molecular weight excluding hydrogens is 316 g/mol. The molecule has 0 saturated heterocycles. The lowest BCUT2D eigenvalue weighted by molar-refractivity contribution is 0.450. The number of aryl methyl sites for hydroxylation is 1. The van der Waals surface area contributed by atoms with E-state index in [1.165, 1.54) is 15.6 Å². The van der Waals surface area contributed by atoms with Crippen LogP contribution in [0.3, 0.4) is 0 Å². The number of fused-ring (bicyclic) bond motifs is 1. The summed E-state index contributed by atoms with van der Waals surface area (Å²) in [5.74, 6) is 0.260. The van der Waals surface area contributed by atoms with E-state index in [4.69, 9.17) is 0 Å². The lowest BCUT2D eigenvalue weighted by atomic mass is 10.1. The second-order valence-electron chi connectivity index (χ2n) is 5.20. The number of nitrogens with zero attached hydrogens (tertiary/aromatic N) is 1. The Labute approximate surface area is 127 Å². The van der Waals surface area contributed by atoms with Crippen LogP contribution in [-0.4, -0.2) is 10.1 Å². The second-order valence-corrected chi connectivity index (χ2v) is 6.05. The highest BCUT2D eigenvalue weighted by Gasteiger charge is 2.23. The van der Waals surface area contributed by atoms with Crippen LogP contribution in [0.25, 0.3) is 0 Å². The Balaban J connectivity index is 1.75. The Morgan fingerprint density at radius 3 is 3.05 bits per heavy atom. The fourth-order valence-electron chi connectivity index (χ4n) is 2.77. The van der Waals surface area contributed by atoms with E-state index in [0.717, 1.165) is 18.5 Å². The highest BCUT2D eigenvalue weighted by atomic mass is 79.9. The lowest BCUT2D eigenvalue weighted by Crippen LogP contribution is -2.19. The van der Waals surface area contributed by atoms with Gasteiger partial charge in [0.05, 0.1) is 5.69 Å². The average molecular weight is 333 g/mol. The van der Waals surface area contributed by atoms with E-state index in [2.05, 4.69) is 44.4 Å². The van der Waals surface area contributed by atoms with E-state index >= 15 is 0 Å². The number of nitrogens with one attached hydrogen (secondary N) is 1. The van der Waals surface area contributed by atoms with Crippen molar-refractivity contribution in [2.75, 3.05) is 0 Å². The number of pyridine rings is 1. The van der Waals surface area contributed by atoms with E-state index in [-0.39, 0.29) is 5.75 Å². The molecule has 0 aliphatic heterocycles. The van der Waals surface area contributed by atoms with Crippen molar-refractivity contribution >= 4 is 15.9 Å². The number of halogens is 1. The van der Waals surface area contributed by atoms with Gasteiger partial charge in [-0.25, -0.2) is 0 Å². The maximum atomic E-state index is 9.84. The molecule has 0 fully saturated rings. The normalized spacial score (nSPS) is 17.2. The molecule has 2 N–H and O–H groups in total. The zero-order chi connectivity index (χ0) is 14.1. The molecular formula is C16H17BrN2O. The monoisotopic (exact) mass is 332 g/mol. The molecule has 0 bridgehead atoms. The molecule has 1 atom stereocenters. The molecule has 1 aliphatic carbocycles. The predicted molar refractivity (Wildman–Crippen MR) is 82.7 cm³/mol. The molecule has 2 aromatic rings. The zero-order valence-corrected chi connectivity index (χ0v) is 12.9. The molecule has 4 heteroatoms. The van der Waals surface area contributed by atoms with E-state index in [9.17, 15) is 5.11 Å². The summed E-state index contributed by atoms with van der Waals surface area (Å²) >= 11 is 3.61. The average Bonchev–Trinajstić information content (AvgIpc) is 2.85. The van der Waals surface area contributed by atoms with Crippen molar-refractivity contribution in [3.05, 3.63) is 57.3 Å². The van der Waals surface area contributed by atoms with Crippen molar-refractivity contribution in [3.8, 4) is 5.75 Å². The topological polar surface area (TPSA) is 45.1 Å². The van der Waals surface area contributed by atoms with E-state index < -0.39 is 0 Å². The molecule has 0 radical (unpaired) electrons. The van der Waals surface area contributed by atoms with Crippen molar-refractivity contribution in [2.24, 2.45) is 0 Å². The van der Waals surface area contributed by atoms with Crippen molar-refractivity contribution in [1.82, 2.24) is 10.3 Å². The Kier molecular flexibility index (Phi) is 3.76.